The molecular formula is C29H31N2O5S+. The van der Waals surface area contributed by atoms with Crippen LogP contribution in [0.2, 0.25) is 0 Å². The minimum Gasteiger partial charge on any atom is -0.481 e. The van der Waals surface area contributed by atoms with Crippen molar-refractivity contribution >= 4 is 43.7 Å². The van der Waals surface area contributed by atoms with Crippen LogP contribution in [0.3, 0.4) is 0 Å². The minimum absolute atomic E-state index is 0.0667. The maximum Gasteiger partial charge on any atom is 0.305 e. The van der Waals surface area contributed by atoms with Gasteiger partial charge >= 0.3 is 5.97 Å². The van der Waals surface area contributed by atoms with Crippen LogP contribution in [0.5, 0.6) is 0 Å². The highest BCUT2D eigenvalue weighted by Crippen LogP contribution is 2.35. The molecule has 8 heteroatoms. The van der Waals surface area contributed by atoms with Crippen LogP contribution in [-0.2, 0) is 27.3 Å². The summed E-state index contributed by atoms with van der Waals surface area (Å²) in [4.78, 5) is 25.8. The maximum atomic E-state index is 14.4. The Labute approximate surface area is 217 Å². The molecule has 0 aliphatic carbocycles. The molecule has 0 aliphatic heterocycles. The fraction of sp³-hybridized carbons (Fsp3) is 0.276. The number of carboxylic acids is 1. The topological polar surface area (TPSA) is 95.6 Å². The normalized spacial score (nSPS) is 12.1. The van der Waals surface area contributed by atoms with E-state index in [0.29, 0.717) is 15.1 Å². The number of carbonyl (C=O) groups is 2. The zero-order chi connectivity index (χ0) is 27.1. The molecule has 1 aromatic heterocycles. The Morgan fingerprint density at radius 1 is 0.919 bits per heavy atom. The number of carbonyl (C=O) groups excluding carboxylic acids is 1. The molecular weight excluding hydrogens is 488 g/mol. The molecule has 0 saturated heterocycles. The number of aliphatic carboxylic acids is 1. The van der Waals surface area contributed by atoms with Gasteiger partial charge in [-0.2, -0.15) is 4.57 Å². The zero-order valence-corrected chi connectivity index (χ0v) is 22.5. The molecule has 7 nitrogen and oxygen atoms in total. The summed E-state index contributed by atoms with van der Waals surface area (Å²) in [5.74, 6) is -1.94. The predicted molar refractivity (Wildman–Crippen MR) is 143 cm³/mol. The fourth-order valence-corrected chi connectivity index (χ4v) is 6.04. The Morgan fingerprint density at radius 3 is 2.16 bits per heavy atom. The van der Waals surface area contributed by atoms with Crippen LogP contribution in [0.25, 0.3) is 21.8 Å². The summed E-state index contributed by atoms with van der Waals surface area (Å²) in [5.41, 5.74) is 3.18. The van der Waals surface area contributed by atoms with Gasteiger partial charge in [-0.25, -0.2) is 12.7 Å². The van der Waals surface area contributed by atoms with Gasteiger partial charge in [0.2, 0.25) is 11.0 Å². The second-order valence-corrected chi connectivity index (χ2v) is 12.1. The molecule has 0 spiro atoms. The van der Waals surface area contributed by atoms with Gasteiger partial charge in [0.15, 0.2) is 0 Å². The number of aromatic nitrogens is 1. The van der Waals surface area contributed by atoms with Crippen LogP contribution in [0.4, 0.5) is 0 Å². The Hall–Kier alpha value is -3.78. The van der Waals surface area contributed by atoms with Gasteiger partial charge in [0, 0.05) is 18.7 Å². The van der Waals surface area contributed by atoms with Crippen LogP contribution < -0.4 is 4.57 Å². The third kappa shape index (κ3) is 4.81. The summed E-state index contributed by atoms with van der Waals surface area (Å²) in [5, 5.41) is 10.6. The van der Waals surface area contributed by atoms with Crippen molar-refractivity contribution in [3.05, 3.63) is 83.4 Å². The lowest BCUT2D eigenvalue weighted by molar-refractivity contribution is -0.617. The van der Waals surface area contributed by atoms with Gasteiger partial charge in [-0.15, -0.1) is 0 Å². The number of hydrogen-bond acceptors (Lipinski definition) is 4. The average molecular weight is 520 g/mol. The van der Waals surface area contributed by atoms with Gasteiger partial charge in [-0.3, -0.25) is 9.59 Å². The molecule has 0 fully saturated rings. The van der Waals surface area contributed by atoms with Crippen molar-refractivity contribution < 1.29 is 27.7 Å². The van der Waals surface area contributed by atoms with Crippen LogP contribution in [0.15, 0.2) is 71.6 Å². The molecule has 1 amide bonds. The quantitative estimate of drug-likeness (QED) is 0.294. The molecule has 4 rings (SSSR count). The molecule has 1 N–H and O–H groups in total. The molecule has 1 heterocycles. The number of fused-ring (bicyclic) bond motifs is 2. The van der Waals surface area contributed by atoms with Gasteiger partial charge in [0.1, 0.15) is 7.05 Å². The third-order valence-electron chi connectivity index (χ3n) is 6.57. The number of rotatable bonds is 6. The minimum atomic E-state index is -4.34. The van der Waals surface area contributed by atoms with E-state index in [4.69, 9.17) is 0 Å². The van der Waals surface area contributed by atoms with E-state index < -0.39 is 34.9 Å². The molecule has 0 aliphatic rings. The molecule has 192 valence electrons. The van der Waals surface area contributed by atoms with Crippen molar-refractivity contribution in [1.29, 1.82) is 0 Å². The first-order valence-corrected chi connectivity index (χ1v) is 13.5. The first-order valence-electron chi connectivity index (χ1n) is 12.0. The van der Waals surface area contributed by atoms with E-state index in [0.717, 1.165) is 22.2 Å². The van der Waals surface area contributed by atoms with E-state index in [2.05, 4.69) is 0 Å². The van der Waals surface area contributed by atoms with Gasteiger partial charge < -0.3 is 5.11 Å². The van der Waals surface area contributed by atoms with Gasteiger partial charge in [0.25, 0.3) is 15.9 Å². The van der Waals surface area contributed by atoms with Crippen molar-refractivity contribution in [2.75, 3.05) is 6.54 Å². The molecule has 0 bridgehead atoms. The smallest absolute Gasteiger partial charge is 0.305 e. The van der Waals surface area contributed by atoms with Crippen LogP contribution >= 0.6 is 0 Å². The number of aryl methyl sites for hydroxylation is 2. The van der Waals surface area contributed by atoms with Crippen molar-refractivity contribution in [3.63, 3.8) is 0 Å². The van der Waals surface area contributed by atoms with Crippen LogP contribution in [0.1, 0.15) is 48.7 Å². The number of amides is 1. The highest BCUT2D eigenvalue weighted by Gasteiger charge is 2.36. The van der Waals surface area contributed by atoms with E-state index in [-0.39, 0.29) is 15.9 Å². The van der Waals surface area contributed by atoms with E-state index in [1.807, 2.05) is 69.6 Å². The zero-order valence-electron chi connectivity index (χ0n) is 21.6. The van der Waals surface area contributed by atoms with Crippen molar-refractivity contribution in [2.45, 2.75) is 44.4 Å². The standard InChI is InChI=1S/C29H30N2O5S/c1-19-13-15-20(16-14-19)37(35,36)31(18-17-25(32)33)28(34)26-21-9-6-7-11-23(21)30(5)24-12-8-10-22(27(24)26)29(2,3)4/h6-16H,17-18H2,1-5H3/p+1. The SMILES string of the molecule is Cc1ccc(S(=O)(=O)N(CCC(=O)O)C(=O)c2c3ccccc3[n+](C)c3cccc(C(C)(C)C)c23)cc1. The Kier molecular flexibility index (Phi) is 6.81. The summed E-state index contributed by atoms with van der Waals surface area (Å²) in [6, 6.07) is 19.3. The Bertz CT molecular complexity index is 1640. The highest BCUT2D eigenvalue weighted by atomic mass is 32.2. The van der Waals surface area contributed by atoms with E-state index in [1.54, 1.807) is 24.3 Å². The van der Waals surface area contributed by atoms with Gasteiger partial charge in [-0.1, -0.05) is 62.7 Å². The summed E-state index contributed by atoms with van der Waals surface area (Å²) < 4.78 is 30.3. The predicted octanol–water partition coefficient (Wildman–Crippen LogP) is 4.73. The first kappa shape index (κ1) is 26.3. The van der Waals surface area contributed by atoms with Crippen molar-refractivity contribution in [1.82, 2.24) is 4.31 Å². The summed E-state index contributed by atoms with van der Waals surface area (Å²) >= 11 is 0. The van der Waals surface area contributed by atoms with E-state index in [9.17, 15) is 23.1 Å². The maximum absolute atomic E-state index is 14.4. The van der Waals surface area contributed by atoms with Gasteiger partial charge in [-0.05, 0) is 36.1 Å². The number of sulfonamides is 1. The number of para-hydroxylation sites is 1. The number of nitrogens with zero attached hydrogens (tertiary/aromatic N) is 2. The number of pyridine rings is 1. The van der Waals surface area contributed by atoms with E-state index >= 15 is 0 Å². The monoisotopic (exact) mass is 519 g/mol. The Balaban J connectivity index is 2.08. The van der Waals surface area contributed by atoms with Crippen LogP contribution in [-0.4, -0.2) is 36.3 Å². The lowest BCUT2D eigenvalue weighted by Gasteiger charge is -2.26. The fourth-order valence-electron chi connectivity index (χ4n) is 4.66. The summed E-state index contributed by atoms with van der Waals surface area (Å²) in [7, 11) is -2.43. The lowest BCUT2D eigenvalue weighted by atomic mass is 9.82. The first-order chi connectivity index (χ1) is 17.3. The van der Waals surface area contributed by atoms with Crippen molar-refractivity contribution in [3.8, 4) is 0 Å². The molecule has 3 aromatic carbocycles. The second kappa shape index (κ2) is 9.59. The molecule has 0 atom stereocenters. The lowest BCUT2D eigenvalue weighted by Crippen LogP contribution is -2.40. The largest absolute Gasteiger partial charge is 0.481 e. The number of benzene rings is 3. The number of carboxylic acid groups (broad SMARTS) is 1. The molecule has 0 saturated carbocycles. The molecule has 37 heavy (non-hydrogen) atoms. The number of hydrogen-bond donors (Lipinski definition) is 1. The van der Waals surface area contributed by atoms with Gasteiger partial charge in [0.05, 0.1) is 27.7 Å². The van der Waals surface area contributed by atoms with Crippen molar-refractivity contribution in [2.24, 2.45) is 7.05 Å². The van der Waals surface area contributed by atoms with E-state index in [1.165, 1.54) is 12.1 Å². The second-order valence-electron chi connectivity index (χ2n) is 10.2. The Morgan fingerprint density at radius 2 is 1.54 bits per heavy atom. The average Bonchev–Trinajstić information content (AvgIpc) is 2.83. The molecule has 0 unspecified atom stereocenters. The third-order valence-corrected chi connectivity index (χ3v) is 8.37. The van der Waals surface area contributed by atoms with Crippen LogP contribution in [0, 0.1) is 6.92 Å². The molecule has 0 radical (unpaired) electrons. The molecule has 4 aromatic rings. The summed E-state index contributed by atoms with van der Waals surface area (Å²) in [6.07, 6.45) is -0.514. The highest BCUT2D eigenvalue weighted by molar-refractivity contribution is 7.89. The summed E-state index contributed by atoms with van der Waals surface area (Å²) in [6.45, 7) is 7.46.